The molecule has 0 bridgehead atoms. The average Bonchev–Trinajstić information content (AvgIpc) is 3.15. The van der Waals surface area contributed by atoms with E-state index in [2.05, 4.69) is 15.5 Å². The summed E-state index contributed by atoms with van der Waals surface area (Å²) in [6, 6.07) is 13.4. The smallest absolute Gasteiger partial charge is 0.262 e. The number of amides is 1. The van der Waals surface area contributed by atoms with Gasteiger partial charge in [0, 0.05) is 10.6 Å². The summed E-state index contributed by atoms with van der Waals surface area (Å²) in [7, 11) is 0. The molecule has 3 rings (SSSR count). The first-order chi connectivity index (χ1) is 12.2. The molecule has 1 amide bonds. The fraction of sp³-hybridized carbons (Fsp3) is 0.167. The number of ether oxygens (including phenoxy) is 1. The molecule has 25 heavy (non-hydrogen) atoms. The summed E-state index contributed by atoms with van der Waals surface area (Å²) in [4.78, 5) is 13.3. The average molecular weight is 354 g/mol. The van der Waals surface area contributed by atoms with Crippen LogP contribution in [0, 0.1) is 6.92 Å². The first kappa shape index (κ1) is 17.0. The van der Waals surface area contributed by atoms with Gasteiger partial charge in [-0.2, -0.15) is 0 Å². The minimum atomic E-state index is -0.214. The maximum absolute atomic E-state index is 12.2. The van der Waals surface area contributed by atoms with Crippen LogP contribution in [-0.2, 0) is 4.79 Å². The van der Waals surface area contributed by atoms with Crippen molar-refractivity contribution in [1.82, 2.24) is 14.8 Å². The molecule has 1 aromatic heterocycles. The molecular formula is C18H18N4O2S. The molecule has 7 heteroatoms. The Bertz CT molecular complexity index is 865. The van der Waals surface area contributed by atoms with E-state index in [0.717, 1.165) is 21.8 Å². The summed E-state index contributed by atoms with van der Waals surface area (Å²) >= 11 is 1.62. The van der Waals surface area contributed by atoms with Crippen LogP contribution in [0.25, 0.3) is 5.69 Å². The van der Waals surface area contributed by atoms with Crippen molar-refractivity contribution in [2.75, 3.05) is 18.2 Å². The van der Waals surface area contributed by atoms with E-state index < -0.39 is 0 Å². The number of thioether (sulfide) groups is 1. The van der Waals surface area contributed by atoms with Crippen molar-refractivity contribution in [3.05, 3.63) is 60.7 Å². The van der Waals surface area contributed by atoms with E-state index in [1.165, 1.54) is 0 Å². The number of nitrogens with one attached hydrogen (secondary N) is 1. The van der Waals surface area contributed by atoms with Gasteiger partial charge in [0.2, 0.25) is 0 Å². The Morgan fingerprint density at radius 1 is 1.20 bits per heavy atom. The molecule has 0 fully saturated rings. The Hall–Kier alpha value is -2.80. The van der Waals surface area contributed by atoms with Gasteiger partial charge in [0.15, 0.2) is 6.61 Å². The standard InChI is InChI=1S/C18H18N4O2S/c1-13-6-7-17(16(8-13)22-11-19-20-12-22)24-10-18(23)21-14-4-3-5-15(9-14)25-2/h3-9,11-12H,10H2,1-2H3,(H,21,23). The second kappa shape index (κ2) is 7.85. The van der Waals surface area contributed by atoms with Crippen molar-refractivity contribution >= 4 is 23.4 Å². The van der Waals surface area contributed by atoms with Crippen LogP contribution in [0.3, 0.4) is 0 Å². The zero-order chi connectivity index (χ0) is 17.6. The highest BCUT2D eigenvalue weighted by Gasteiger charge is 2.10. The van der Waals surface area contributed by atoms with Crippen LogP contribution in [0.4, 0.5) is 5.69 Å². The molecule has 3 aromatic rings. The van der Waals surface area contributed by atoms with Gasteiger partial charge < -0.3 is 10.1 Å². The third-order valence-electron chi connectivity index (χ3n) is 3.52. The molecular weight excluding hydrogens is 336 g/mol. The van der Waals surface area contributed by atoms with E-state index in [-0.39, 0.29) is 12.5 Å². The van der Waals surface area contributed by atoms with Crippen LogP contribution in [0.2, 0.25) is 0 Å². The summed E-state index contributed by atoms with van der Waals surface area (Å²) < 4.78 is 7.47. The predicted octanol–water partition coefficient (Wildman–Crippen LogP) is 3.32. The lowest BCUT2D eigenvalue weighted by Gasteiger charge is -2.13. The molecule has 0 radical (unpaired) electrons. The van der Waals surface area contributed by atoms with Crippen LogP contribution in [0.15, 0.2) is 60.0 Å². The summed E-state index contributed by atoms with van der Waals surface area (Å²) in [5, 5.41) is 10.5. The molecule has 1 heterocycles. The third kappa shape index (κ3) is 4.39. The van der Waals surface area contributed by atoms with E-state index in [1.54, 1.807) is 29.0 Å². The van der Waals surface area contributed by atoms with Gasteiger partial charge >= 0.3 is 0 Å². The number of hydrogen-bond donors (Lipinski definition) is 1. The number of hydrogen-bond acceptors (Lipinski definition) is 5. The third-order valence-corrected chi connectivity index (χ3v) is 4.25. The monoisotopic (exact) mass is 354 g/mol. The van der Waals surface area contributed by atoms with Gasteiger partial charge in [0.25, 0.3) is 5.91 Å². The minimum Gasteiger partial charge on any atom is -0.482 e. The predicted molar refractivity (Wildman–Crippen MR) is 98.4 cm³/mol. The fourth-order valence-electron chi connectivity index (χ4n) is 2.32. The molecule has 0 atom stereocenters. The lowest BCUT2D eigenvalue weighted by molar-refractivity contribution is -0.118. The maximum atomic E-state index is 12.2. The van der Waals surface area contributed by atoms with Crippen LogP contribution >= 0.6 is 11.8 Å². The van der Waals surface area contributed by atoms with Gasteiger partial charge in [-0.05, 0) is 49.1 Å². The number of carbonyl (C=O) groups is 1. The fourth-order valence-corrected chi connectivity index (χ4v) is 2.78. The SMILES string of the molecule is CSc1cccc(NC(=O)COc2ccc(C)cc2-n2cnnc2)c1. The van der Waals surface area contributed by atoms with Crippen LogP contribution < -0.4 is 10.1 Å². The highest BCUT2D eigenvalue weighted by molar-refractivity contribution is 7.98. The number of nitrogens with zero attached hydrogens (tertiary/aromatic N) is 3. The first-order valence-electron chi connectivity index (χ1n) is 7.68. The molecule has 128 valence electrons. The topological polar surface area (TPSA) is 69.0 Å². The summed E-state index contributed by atoms with van der Waals surface area (Å²) in [6.07, 6.45) is 5.18. The highest BCUT2D eigenvalue weighted by Crippen LogP contribution is 2.24. The Labute approximate surface area is 150 Å². The second-order valence-electron chi connectivity index (χ2n) is 5.41. The minimum absolute atomic E-state index is 0.0817. The Morgan fingerprint density at radius 2 is 2.00 bits per heavy atom. The van der Waals surface area contributed by atoms with E-state index in [0.29, 0.717) is 5.75 Å². The number of aromatic nitrogens is 3. The lowest BCUT2D eigenvalue weighted by Crippen LogP contribution is -2.20. The molecule has 0 aliphatic carbocycles. The normalized spacial score (nSPS) is 10.5. The summed E-state index contributed by atoms with van der Waals surface area (Å²) in [5.41, 5.74) is 2.62. The quantitative estimate of drug-likeness (QED) is 0.688. The zero-order valence-corrected chi connectivity index (χ0v) is 14.8. The summed E-state index contributed by atoms with van der Waals surface area (Å²) in [6.45, 7) is 1.91. The van der Waals surface area contributed by atoms with Gasteiger partial charge in [0.1, 0.15) is 18.4 Å². The number of anilines is 1. The molecule has 0 aliphatic rings. The second-order valence-corrected chi connectivity index (χ2v) is 6.29. The van der Waals surface area contributed by atoms with Crippen LogP contribution in [0.5, 0.6) is 5.75 Å². The molecule has 2 aromatic carbocycles. The lowest BCUT2D eigenvalue weighted by atomic mass is 10.2. The summed E-state index contributed by atoms with van der Waals surface area (Å²) in [5.74, 6) is 0.381. The van der Waals surface area contributed by atoms with Gasteiger partial charge in [-0.15, -0.1) is 22.0 Å². The number of aryl methyl sites for hydroxylation is 1. The Morgan fingerprint density at radius 3 is 2.76 bits per heavy atom. The molecule has 0 saturated carbocycles. The first-order valence-corrected chi connectivity index (χ1v) is 8.90. The highest BCUT2D eigenvalue weighted by atomic mass is 32.2. The van der Waals surface area contributed by atoms with Crippen molar-refractivity contribution in [2.45, 2.75) is 11.8 Å². The van der Waals surface area contributed by atoms with Gasteiger partial charge in [-0.25, -0.2) is 0 Å². The zero-order valence-electron chi connectivity index (χ0n) is 14.0. The largest absolute Gasteiger partial charge is 0.482 e. The van der Waals surface area contributed by atoms with E-state index in [1.807, 2.05) is 55.6 Å². The van der Waals surface area contributed by atoms with E-state index >= 15 is 0 Å². The van der Waals surface area contributed by atoms with E-state index in [9.17, 15) is 4.79 Å². The Kier molecular flexibility index (Phi) is 5.35. The maximum Gasteiger partial charge on any atom is 0.262 e. The number of benzene rings is 2. The van der Waals surface area contributed by atoms with Crippen molar-refractivity contribution in [3.8, 4) is 11.4 Å². The van der Waals surface area contributed by atoms with Crippen molar-refractivity contribution in [1.29, 1.82) is 0 Å². The van der Waals surface area contributed by atoms with E-state index in [4.69, 9.17) is 4.74 Å². The van der Waals surface area contributed by atoms with Crippen molar-refractivity contribution in [2.24, 2.45) is 0 Å². The number of rotatable bonds is 6. The van der Waals surface area contributed by atoms with Gasteiger partial charge in [-0.1, -0.05) is 12.1 Å². The molecule has 1 N–H and O–H groups in total. The van der Waals surface area contributed by atoms with Crippen molar-refractivity contribution < 1.29 is 9.53 Å². The number of carbonyl (C=O) groups excluding carboxylic acids is 1. The molecule has 0 aliphatic heterocycles. The molecule has 0 unspecified atom stereocenters. The van der Waals surface area contributed by atoms with Gasteiger partial charge in [-0.3, -0.25) is 9.36 Å². The molecule has 6 nitrogen and oxygen atoms in total. The molecule has 0 saturated heterocycles. The van der Waals surface area contributed by atoms with Crippen molar-refractivity contribution in [3.63, 3.8) is 0 Å². The Balaban J connectivity index is 1.68. The van der Waals surface area contributed by atoms with Crippen LogP contribution in [0.1, 0.15) is 5.56 Å². The van der Waals surface area contributed by atoms with Crippen LogP contribution in [-0.4, -0.2) is 33.5 Å². The van der Waals surface area contributed by atoms with Gasteiger partial charge in [0.05, 0.1) is 5.69 Å². The molecule has 0 spiro atoms.